The van der Waals surface area contributed by atoms with Gasteiger partial charge in [-0.1, -0.05) is 12.1 Å². The maximum atomic E-state index is 13.7. The first-order valence-corrected chi connectivity index (χ1v) is 11.2. The lowest BCUT2D eigenvalue weighted by Gasteiger charge is -2.37. The number of ether oxygens (including phenoxy) is 3. The van der Waals surface area contributed by atoms with Gasteiger partial charge < -0.3 is 19.1 Å². The molecule has 7 heteroatoms. The van der Waals surface area contributed by atoms with Crippen LogP contribution in [0.3, 0.4) is 0 Å². The molecule has 2 aromatic carbocycles. The number of amides is 2. The zero-order chi connectivity index (χ0) is 23.7. The molecule has 2 heterocycles. The predicted octanol–water partition coefficient (Wildman–Crippen LogP) is 3.88. The smallest absolute Gasteiger partial charge is 0.282 e. The molecule has 1 saturated heterocycles. The van der Waals surface area contributed by atoms with E-state index in [0.29, 0.717) is 47.1 Å². The van der Waals surface area contributed by atoms with E-state index in [-0.39, 0.29) is 30.1 Å². The van der Waals surface area contributed by atoms with E-state index < -0.39 is 0 Å². The molecule has 7 nitrogen and oxygen atoms in total. The second-order valence-corrected chi connectivity index (χ2v) is 8.72. The quantitative estimate of drug-likeness (QED) is 0.623. The molecule has 2 unspecified atom stereocenters. The number of hydrogen-bond donors (Lipinski definition) is 0. The van der Waals surface area contributed by atoms with Crippen LogP contribution in [0, 0.1) is 0 Å². The van der Waals surface area contributed by atoms with Crippen LogP contribution in [0.1, 0.15) is 33.3 Å². The summed E-state index contributed by atoms with van der Waals surface area (Å²) in [5.74, 6) is 0.699. The van der Waals surface area contributed by atoms with Crippen LogP contribution in [0.25, 0.3) is 5.57 Å². The Labute approximate surface area is 194 Å². The molecule has 2 amide bonds. The summed E-state index contributed by atoms with van der Waals surface area (Å²) in [6.07, 6.45) is -0.0725. The summed E-state index contributed by atoms with van der Waals surface area (Å²) in [7, 11) is 1.59. The van der Waals surface area contributed by atoms with Gasteiger partial charge in [-0.05, 0) is 69.7 Å². The van der Waals surface area contributed by atoms with Gasteiger partial charge in [-0.2, -0.15) is 0 Å². The third-order valence-corrected chi connectivity index (χ3v) is 5.64. The first-order valence-electron chi connectivity index (χ1n) is 11.2. The lowest BCUT2D eigenvalue weighted by Crippen LogP contribution is -2.47. The maximum Gasteiger partial charge on any atom is 0.282 e. The Morgan fingerprint density at radius 3 is 2.00 bits per heavy atom. The van der Waals surface area contributed by atoms with Crippen LogP contribution in [0.5, 0.6) is 11.5 Å². The molecule has 174 valence electrons. The molecular formula is C26H30N2O5. The highest BCUT2D eigenvalue weighted by atomic mass is 16.5. The summed E-state index contributed by atoms with van der Waals surface area (Å²) in [4.78, 5) is 30.6. The minimum absolute atomic E-state index is 0.0335. The molecule has 2 aliphatic heterocycles. The van der Waals surface area contributed by atoms with E-state index in [4.69, 9.17) is 14.2 Å². The van der Waals surface area contributed by atoms with Crippen LogP contribution in [0.15, 0.2) is 54.2 Å². The highest BCUT2D eigenvalue weighted by Gasteiger charge is 2.43. The number of hydrogen-bond acceptors (Lipinski definition) is 6. The van der Waals surface area contributed by atoms with Gasteiger partial charge in [-0.15, -0.1) is 0 Å². The molecule has 1 fully saturated rings. The molecule has 2 atom stereocenters. The molecule has 0 saturated carbocycles. The zero-order valence-corrected chi connectivity index (χ0v) is 19.7. The fraction of sp³-hybridized carbons (Fsp3) is 0.385. The number of rotatable bonds is 6. The van der Waals surface area contributed by atoms with E-state index >= 15 is 0 Å². The third kappa shape index (κ3) is 4.59. The second-order valence-electron chi connectivity index (χ2n) is 8.72. The molecule has 0 N–H and O–H groups in total. The summed E-state index contributed by atoms with van der Waals surface area (Å²) < 4.78 is 16.8. The van der Waals surface area contributed by atoms with Crippen molar-refractivity contribution in [3.8, 4) is 11.5 Å². The van der Waals surface area contributed by atoms with Gasteiger partial charge in [0, 0.05) is 13.1 Å². The lowest BCUT2D eigenvalue weighted by atomic mass is 10.0. The predicted molar refractivity (Wildman–Crippen MR) is 126 cm³/mol. The van der Waals surface area contributed by atoms with E-state index in [2.05, 4.69) is 0 Å². The normalized spacial score (nSPS) is 21.3. The molecule has 0 aliphatic carbocycles. The van der Waals surface area contributed by atoms with E-state index in [1.165, 1.54) is 4.90 Å². The molecule has 0 spiro atoms. The molecule has 33 heavy (non-hydrogen) atoms. The summed E-state index contributed by atoms with van der Waals surface area (Å²) >= 11 is 0. The van der Waals surface area contributed by atoms with Crippen LogP contribution >= 0.6 is 0 Å². The topological polar surface area (TPSA) is 68.3 Å². The lowest BCUT2D eigenvalue weighted by molar-refractivity contribution is -0.121. The SMILES string of the molecule is COc1ccc(C2=C(N3CC(C)OC(C)C3)C(=O)N(c3ccc(OC(C)C)cc3)C2=O)cc1. The fourth-order valence-corrected chi connectivity index (χ4v) is 4.37. The van der Waals surface area contributed by atoms with Crippen molar-refractivity contribution in [1.29, 1.82) is 0 Å². The van der Waals surface area contributed by atoms with E-state index in [9.17, 15) is 9.59 Å². The molecule has 2 aromatic rings. The molecular weight excluding hydrogens is 420 g/mol. The van der Waals surface area contributed by atoms with E-state index in [0.717, 1.165) is 0 Å². The number of methoxy groups -OCH3 is 1. The summed E-state index contributed by atoms with van der Waals surface area (Å²) in [5.41, 5.74) is 2.00. The molecule has 2 aliphatic rings. The Morgan fingerprint density at radius 1 is 0.879 bits per heavy atom. The summed E-state index contributed by atoms with van der Waals surface area (Å²) in [6.45, 7) is 8.92. The van der Waals surface area contributed by atoms with Gasteiger partial charge >= 0.3 is 0 Å². The molecule has 0 aromatic heterocycles. The standard InChI is InChI=1S/C26H30N2O5/c1-16(2)32-22-12-8-20(9-13-22)28-25(29)23(19-6-10-21(31-5)11-7-19)24(26(28)30)27-14-17(3)33-18(4)15-27/h6-13,16-18H,14-15H2,1-5H3. The van der Waals surface area contributed by atoms with Gasteiger partial charge in [0.1, 0.15) is 17.2 Å². The van der Waals surface area contributed by atoms with Crippen molar-refractivity contribution in [1.82, 2.24) is 4.90 Å². The monoisotopic (exact) mass is 450 g/mol. The number of nitrogens with zero attached hydrogens (tertiary/aromatic N) is 2. The van der Waals surface area contributed by atoms with Crippen molar-refractivity contribution in [2.45, 2.75) is 46.0 Å². The molecule has 4 rings (SSSR count). The minimum Gasteiger partial charge on any atom is -0.497 e. The van der Waals surface area contributed by atoms with Crippen molar-refractivity contribution in [2.24, 2.45) is 0 Å². The van der Waals surface area contributed by atoms with E-state index in [1.54, 1.807) is 43.5 Å². The van der Waals surface area contributed by atoms with Crippen LogP contribution in [-0.4, -0.2) is 55.2 Å². The van der Waals surface area contributed by atoms with Crippen LogP contribution in [0.2, 0.25) is 0 Å². The zero-order valence-electron chi connectivity index (χ0n) is 19.7. The van der Waals surface area contributed by atoms with Gasteiger partial charge in [-0.25, -0.2) is 4.90 Å². The van der Waals surface area contributed by atoms with Gasteiger partial charge in [0.25, 0.3) is 11.8 Å². The van der Waals surface area contributed by atoms with Gasteiger partial charge in [0.05, 0.1) is 36.7 Å². The second kappa shape index (κ2) is 9.27. The fourth-order valence-electron chi connectivity index (χ4n) is 4.37. The van der Waals surface area contributed by atoms with Crippen molar-refractivity contribution in [3.63, 3.8) is 0 Å². The molecule has 0 radical (unpaired) electrons. The van der Waals surface area contributed by atoms with Crippen LogP contribution < -0.4 is 14.4 Å². The first-order chi connectivity index (χ1) is 15.8. The number of carbonyl (C=O) groups is 2. The highest BCUT2D eigenvalue weighted by Crippen LogP contribution is 2.37. The number of imide groups is 1. The Bertz CT molecular complexity index is 1050. The first kappa shape index (κ1) is 22.9. The van der Waals surface area contributed by atoms with Crippen molar-refractivity contribution in [3.05, 3.63) is 59.8 Å². The van der Waals surface area contributed by atoms with Crippen molar-refractivity contribution in [2.75, 3.05) is 25.1 Å². The average molecular weight is 451 g/mol. The van der Waals surface area contributed by atoms with Gasteiger partial charge in [0.2, 0.25) is 0 Å². The van der Waals surface area contributed by atoms with Crippen molar-refractivity contribution < 1.29 is 23.8 Å². The minimum atomic E-state index is -0.343. The average Bonchev–Trinajstić information content (AvgIpc) is 3.03. The van der Waals surface area contributed by atoms with Crippen LogP contribution in [-0.2, 0) is 14.3 Å². The van der Waals surface area contributed by atoms with Gasteiger partial charge in [0.15, 0.2) is 0 Å². The van der Waals surface area contributed by atoms with E-state index in [1.807, 2.05) is 44.7 Å². The van der Waals surface area contributed by atoms with Crippen LogP contribution in [0.4, 0.5) is 5.69 Å². The largest absolute Gasteiger partial charge is 0.497 e. The third-order valence-electron chi connectivity index (χ3n) is 5.64. The molecule has 0 bridgehead atoms. The number of benzene rings is 2. The summed E-state index contributed by atoms with van der Waals surface area (Å²) in [5, 5.41) is 0. The Hall–Kier alpha value is -3.32. The number of carbonyl (C=O) groups excluding carboxylic acids is 2. The highest BCUT2D eigenvalue weighted by molar-refractivity contribution is 6.45. The Kier molecular flexibility index (Phi) is 6.42. The van der Waals surface area contributed by atoms with Gasteiger partial charge in [-0.3, -0.25) is 9.59 Å². The maximum absolute atomic E-state index is 13.7. The number of morpholine rings is 1. The summed E-state index contributed by atoms with van der Waals surface area (Å²) in [6, 6.07) is 14.3. The Balaban J connectivity index is 1.75. The number of anilines is 1. The van der Waals surface area contributed by atoms with Crippen molar-refractivity contribution >= 4 is 23.1 Å². The Morgan fingerprint density at radius 2 is 1.45 bits per heavy atom.